The molecule has 0 saturated heterocycles. The van der Waals surface area contributed by atoms with E-state index in [9.17, 15) is 9.59 Å². The Bertz CT molecular complexity index is 472. The topological polar surface area (TPSA) is 76.7 Å². The van der Waals surface area contributed by atoms with Gasteiger partial charge in [0.25, 0.3) is 0 Å². The molecule has 0 radical (unpaired) electrons. The summed E-state index contributed by atoms with van der Waals surface area (Å²) >= 11 is 11.8. The number of halogens is 2. The normalized spacial score (nSPS) is 10.4. The van der Waals surface area contributed by atoms with Gasteiger partial charge >= 0.3 is 11.8 Å². The average molecular weight is 321 g/mol. The van der Waals surface area contributed by atoms with Gasteiger partial charge in [-0.05, 0) is 12.1 Å². The maximum atomic E-state index is 11.7. The summed E-state index contributed by atoms with van der Waals surface area (Å²) in [6.07, 6.45) is -0.629. The first-order valence-electron chi connectivity index (χ1n) is 5.58. The van der Waals surface area contributed by atoms with E-state index in [1.54, 1.807) is 18.2 Å². The molecule has 6 nitrogen and oxygen atoms in total. The Kier molecular flexibility index (Phi) is 6.74. The number of rotatable bonds is 5. The molecule has 0 aromatic heterocycles. The van der Waals surface area contributed by atoms with E-state index in [4.69, 9.17) is 32.7 Å². The van der Waals surface area contributed by atoms with Gasteiger partial charge in [0.15, 0.2) is 6.29 Å². The summed E-state index contributed by atoms with van der Waals surface area (Å²) < 4.78 is 9.75. The maximum absolute atomic E-state index is 11.7. The zero-order valence-corrected chi connectivity index (χ0v) is 12.4. The van der Waals surface area contributed by atoms with Crippen LogP contribution >= 0.6 is 23.2 Å². The molecule has 0 saturated carbocycles. The molecule has 8 heteroatoms. The highest BCUT2D eigenvalue weighted by Gasteiger charge is 2.18. The molecular weight excluding hydrogens is 307 g/mol. The Hall–Kier alpha value is -1.34. The van der Waals surface area contributed by atoms with Crippen LogP contribution < -0.4 is 10.6 Å². The Morgan fingerprint density at radius 3 is 2.20 bits per heavy atom. The predicted octanol–water partition coefficient (Wildman–Crippen LogP) is 1.67. The monoisotopic (exact) mass is 320 g/mol. The van der Waals surface area contributed by atoms with Crippen molar-refractivity contribution in [1.29, 1.82) is 0 Å². The van der Waals surface area contributed by atoms with Crippen LogP contribution in [0, 0.1) is 0 Å². The number of carbonyl (C=O) groups excluding carboxylic acids is 2. The summed E-state index contributed by atoms with van der Waals surface area (Å²) in [5.41, 5.74) is 0.186. The van der Waals surface area contributed by atoms with Crippen LogP contribution in [-0.4, -0.2) is 38.9 Å². The minimum Gasteiger partial charge on any atom is -0.354 e. The summed E-state index contributed by atoms with van der Waals surface area (Å²) in [5.74, 6) is -1.73. The standard InChI is InChI=1S/C12H14Cl2N2O4/c1-19-9(20-2)6-15-11(17)12(18)16-10-7(13)4-3-5-8(10)14/h3-5,9H,6H2,1-2H3,(H,15,17)(H,16,18). The predicted molar refractivity (Wildman–Crippen MR) is 75.9 cm³/mol. The number of ether oxygens (including phenoxy) is 2. The summed E-state index contributed by atoms with van der Waals surface area (Å²) in [6, 6.07) is 4.72. The van der Waals surface area contributed by atoms with Crippen molar-refractivity contribution in [1.82, 2.24) is 5.32 Å². The van der Waals surface area contributed by atoms with Gasteiger partial charge in [0, 0.05) is 14.2 Å². The molecular formula is C12H14Cl2N2O4. The zero-order valence-electron chi connectivity index (χ0n) is 10.9. The van der Waals surface area contributed by atoms with Crippen molar-refractivity contribution in [2.75, 3.05) is 26.1 Å². The van der Waals surface area contributed by atoms with Gasteiger partial charge in [0.05, 0.1) is 22.3 Å². The van der Waals surface area contributed by atoms with Gasteiger partial charge in [-0.2, -0.15) is 0 Å². The van der Waals surface area contributed by atoms with Crippen LogP contribution in [0.1, 0.15) is 0 Å². The molecule has 0 unspecified atom stereocenters. The highest BCUT2D eigenvalue weighted by atomic mass is 35.5. The molecule has 0 aliphatic carbocycles. The Labute approximate surface area is 126 Å². The summed E-state index contributed by atoms with van der Waals surface area (Å²) in [4.78, 5) is 23.3. The van der Waals surface area contributed by atoms with E-state index in [2.05, 4.69) is 10.6 Å². The van der Waals surface area contributed by atoms with Crippen LogP contribution in [0.4, 0.5) is 5.69 Å². The second-order valence-corrected chi connectivity index (χ2v) is 4.48. The van der Waals surface area contributed by atoms with E-state index in [0.717, 1.165) is 0 Å². The number of hydrogen-bond acceptors (Lipinski definition) is 4. The molecule has 1 aromatic rings. The van der Waals surface area contributed by atoms with Crippen LogP contribution in [0.5, 0.6) is 0 Å². The summed E-state index contributed by atoms with van der Waals surface area (Å²) in [6.45, 7) is 0.0372. The van der Waals surface area contributed by atoms with Crippen LogP contribution in [-0.2, 0) is 19.1 Å². The Morgan fingerprint density at radius 2 is 1.70 bits per heavy atom. The third-order valence-electron chi connectivity index (χ3n) is 2.36. The molecule has 2 N–H and O–H groups in total. The van der Waals surface area contributed by atoms with Crippen molar-refractivity contribution in [3.05, 3.63) is 28.2 Å². The lowest BCUT2D eigenvalue weighted by molar-refractivity contribution is -0.139. The molecule has 2 amide bonds. The quantitative estimate of drug-likeness (QED) is 0.639. The maximum Gasteiger partial charge on any atom is 0.313 e. The third-order valence-corrected chi connectivity index (χ3v) is 2.99. The molecule has 0 spiro atoms. The number of amides is 2. The van der Waals surface area contributed by atoms with Crippen LogP contribution in [0.3, 0.4) is 0 Å². The number of carbonyl (C=O) groups is 2. The molecule has 1 rings (SSSR count). The minimum absolute atomic E-state index is 0.0372. The average Bonchev–Trinajstić information content (AvgIpc) is 2.43. The second kappa shape index (κ2) is 8.06. The molecule has 20 heavy (non-hydrogen) atoms. The SMILES string of the molecule is COC(CNC(=O)C(=O)Nc1c(Cl)cccc1Cl)OC. The van der Waals surface area contributed by atoms with Crippen molar-refractivity contribution in [2.24, 2.45) is 0 Å². The number of hydrogen-bond donors (Lipinski definition) is 2. The van der Waals surface area contributed by atoms with Crippen LogP contribution in [0.25, 0.3) is 0 Å². The van der Waals surface area contributed by atoms with Crippen molar-refractivity contribution in [3.8, 4) is 0 Å². The van der Waals surface area contributed by atoms with E-state index in [-0.39, 0.29) is 22.3 Å². The highest BCUT2D eigenvalue weighted by Crippen LogP contribution is 2.29. The lowest BCUT2D eigenvalue weighted by Crippen LogP contribution is -2.40. The molecule has 0 aliphatic rings. The van der Waals surface area contributed by atoms with Gasteiger partial charge in [-0.25, -0.2) is 0 Å². The van der Waals surface area contributed by atoms with Gasteiger partial charge in [0.1, 0.15) is 0 Å². The van der Waals surface area contributed by atoms with Crippen molar-refractivity contribution in [2.45, 2.75) is 6.29 Å². The van der Waals surface area contributed by atoms with Gasteiger partial charge < -0.3 is 20.1 Å². The van der Waals surface area contributed by atoms with E-state index >= 15 is 0 Å². The lowest BCUT2D eigenvalue weighted by atomic mass is 10.3. The molecule has 0 fully saturated rings. The molecule has 0 aliphatic heterocycles. The van der Waals surface area contributed by atoms with E-state index < -0.39 is 18.1 Å². The largest absolute Gasteiger partial charge is 0.354 e. The van der Waals surface area contributed by atoms with Crippen molar-refractivity contribution < 1.29 is 19.1 Å². The molecule has 110 valence electrons. The Balaban J connectivity index is 2.60. The fourth-order valence-electron chi connectivity index (χ4n) is 1.31. The summed E-state index contributed by atoms with van der Waals surface area (Å²) in [7, 11) is 2.84. The highest BCUT2D eigenvalue weighted by molar-refractivity contribution is 6.44. The lowest BCUT2D eigenvalue weighted by Gasteiger charge is -2.14. The van der Waals surface area contributed by atoms with Crippen LogP contribution in [0.15, 0.2) is 18.2 Å². The Morgan fingerprint density at radius 1 is 1.15 bits per heavy atom. The molecule has 0 atom stereocenters. The van der Waals surface area contributed by atoms with E-state index in [0.29, 0.717) is 0 Å². The number of nitrogens with one attached hydrogen (secondary N) is 2. The van der Waals surface area contributed by atoms with E-state index in [1.807, 2.05) is 0 Å². The number of methoxy groups -OCH3 is 2. The molecule has 0 bridgehead atoms. The molecule has 1 aromatic carbocycles. The first-order valence-corrected chi connectivity index (χ1v) is 6.34. The number of anilines is 1. The molecule has 0 heterocycles. The first kappa shape index (κ1) is 16.7. The van der Waals surface area contributed by atoms with Gasteiger partial charge in [0.2, 0.25) is 0 Å². The minimum atomic E-state index is -0.883. The third kappa shape index (κ3) is 4.64. The van der Waals surface area contributed by atoms with Crippen LogP contribution in [0.2, 0.25) is 10.0 Å². The van der Waals surface area contributed by atoms with Gasteiger partial charge in [-0.1, -0.05) is 29.3 Å². The zero-order chi connectivity index (χ0) is 15.1. The number of para-hydroxylation sites is 1. The van der Waals surface area contributed by atoms with Crippen molar-refractivity contribution >= 4 is 40.7 Å². The number of benzene rings is 1. The second-order valence-electron chi connectivity index (χ2n) is 3.66. The first-order chi connectivity index (χ1) is 9.49. The van der Waals surface area contributed by atoms with Gasteiger partial charge in [-0.15, -0.1) is 0 Å². The fraction of sp³-hybridized carbons (Fsp3) is 0.333. The fourth-order valence-corrected chi connectivity index (χ4v) is 1.80. The van der Waals surface area contributed by atoms with Gasteiger partial charge in [-0.3, -0.25) is 9.59 Å². The summed E-state index contributed by atoms with van der Waals surface area (Å²) in [5, 5.41) is 5.18. The van der Waals surface area contributed by atoms with E-state index in [1.165, 1.54) is 14.2 Å². The smallest absolute Gasteiger partial charge is 0.313 e. The van der Waals surface area contributed by atoms with Crippen molar-refractivity contribution in [3.63, 3.8) is 0 Å².